The summed E-state index contributed by atoms with van der Waals surface area (Å²) in [6, 6.07) is 0. The van der Waals surface area contributed by atoms with Crippen LogP contribution < -0.4 is 11.1 Å². The number of nitrogens with two attached hydrogens (primary N) is 1. The summed E-state index contributed by atoms with van der Waals surface area (Å²) in [6.07, 6.45) is 3.11. The van der Waals surface area contributed by atoms with Gasteiger partial charge in [0.05, 0.1) is 4.99 Å². The molecular formula is C11H21N3OS. The van der Waals surface area contributed by atoms with E-state index in [2.05, 4.69) is 10.2 Å². The fraction of sp³-hybridized carbons (Fsp3) is 0.818. The molecule has 0 atom stereocenters. The lowest BCUT2D eigenvalue weighted by atomic mass is 9.96. The zero-order chi connectivity index (χ0) is 12.0. The highest BCUT2D eigenvalue weighted by Gasteiger charge is 2.18. The van der Waals surface area contributed by atoms with Gasteiger partial charge in [0.25, 0.3) is 0 Å². The van der Waals surface area contributed by atoms with E-state index < -0.39 is 0 Å². The number of piperidine rings is 1. The number of hydrogen-bond donors (Lipinski definition) is 2. The molecule has 0 aromatic rings. The van der Waals surface area contributed by atoms with Crippen LogP contribution in [0.25, 0.3) is 0 Å². The molecule has 1 heterocycles. The number of rotatable bonds is 5. The van der Waals surface area contributed by atoms with Gasteiger partial charge in [-0.05, 0) is 31.8 Å². The molecule has 16 heavy (non-hydrogen) atoms. The maximum Gasteiger partial charge on any atom is 0.216 e. The van der Waals surface area contributed by atoms with Crippen LogP contribution in [0.3, 0.4) is 0 Å². The Labute approximate surface area is 103 Å². The van der Waals surface area contributed by atoms with E-state index in [0.717, 1.165) is 45.4 Å². The second kappa shape index (κ2) is 6.81. The molecule has 0 bridgehead atoms. The smallest absolute Gasteiger partial charge is 0.216 e. The van der Waals surface area contributed by atoms with E-state index in [9.17, 15) is 4.79 Å². The van der Waals surface area contributed by atoms with Crippen molar-refractivity contribution in [2.75, 3.05) is 26.2 Å². The Hall–Kier alpha value is -0.680. The molecule has 92 valence electrons. The van der Waals surface area contributed by atoms with Crippen molar-refractivity contribution in [1.29, 1.82) is 0 Å². The second-order valence-electron chi connectivity index (χ2n) is 4.44. The summed E-state index contributed by atoms with van der Waals surface area (Å²) in [4.78, 5) is 13.8. The van der Waals surface area contributed by atoms with E-state index in [1.807, 2.05) is 0 Å². The van der Waals surface area contributed by atoms with Crippen molar-refractivity contribution in [2.45, 2.75) is 26.2 Å². The molecule has 1 saturated heterocycles. The van der Waals surface area contributed by atoms with Gasteiger partial charge in [0.2, 0.25) is 5.91 Å². The zero-order valence-electron chi connectivity index (χ0n) is 9.87. The third-order valence-corrected chi connectivity index (χ3v) is 3.23. The predicted octanol–water partition coefficient (Wildman–Crippen LogP) is 0.511. The largest absolute Gasteiger partial charge is 0.393 e. The van der Waals surface area contributed by atoms with Gasteiger partial charge in [0, 0.05) is 26.4 Å². The van der Waals surface area contributed by atoms with Crippen molar-refractivity contribution >= 4 is 23.1 Å². The van der Waals surface area contributed by atoms with Crippen molar-refractivity contribution in [1.82, 2.24) is 10.2 Å². The van der Waals surface area contributed by atoms with Crippen molar-refractivity contribution in [3.63, 3.8) is 0 Å². The van der Waals surface area contributed by atoms with Crippen LogP contribution in [0.4, 0.5) is 0 Å². The Balaban J connectivity index is 2.13. The summed E-state index contributed by atoms with van der Waals surface area (Å²) in [6.45, 7) is 5.54. The molecule has 3 N–H and O–H groups in total. The molecule has 0 unspecified atom stereocenters. The first-order valence-electron chi connectivity index (χ1n) is 5.83. The molecule has 0 aliphatic carbocycles. The van der Waals surface area contributed by atoms with E-state index in [1.54, 1.807) is 6.92 Å². The van der Waals surface area contributed by atoms with Gasteiger partial charge in [-0.1, -0.05) is 12.2 Å². The number of likely N-dealkylation sites (tertiary alicyclic amines) is 1. The maximum absolute atomic E-state index is 10.8. The van der Waals surface area contributed by atoms with Crippen LogP contribution in [-0.4, -0.2) is 42.0 Å². The van der Waals surface area contributed by atoms with Crippen LogP contribution >= 0.6 is 12.2 Å². The average molecular weight is 243 g/mol. The van der Waals surface area contributed by atoms with Gasteiger partial charge in [-0.3, -0.25) is 4.79 Å². The van der Waals surface area contributed by atoms with Crippen molar-refractivity contribution in [3.05, 3.63) is 0 Å². The summed E-state index contributed by atoms with van der Waals surface area (Å²) < 4.78 is 0. The lowest BCUT2D eigenvalue weighted by Gasteiger charge is -2.31. The zero-order valence-corrected chi connectivity index (χ0v) is 10.7. The highest BCUT2D eigenvalue weighted by molar-refractivity contribution is 7.80. The molecule has 0 aromatic heterocycles. The van der Waals surface area contributed by atoms with Crippen LogP contribution in [0.1, 0.15) is 26.2 Å². The third kappa shape index (κ3) is 5.42. The van der Waals surface area contributed by atoms with Crippen LogP contribution in [0, 0.1) is 5.92 Å². The number of thiocarbonyl (C=S) groups is 1. The number of amides is 1. The first kappa shape index (κ1) is 13.4. The van der Waals surface area contributed by atoms with Gasteiger partial charge >= 0.3 is 0 Å². The SMILES string of the molecule is CC(=O)NCC1CCN(CCC(N)=S)CC1. The lowest BCUT2D eigenvalue weighted by Crippen LogP contribution is -2.39. The van der Waals surface area contributed by atoms with Crippen molar-refractivity contribution < 1.29 is 4.79 Å². The fourth-order valence-electron chi connectivity index (χ4n) is 1.97. The highest BCUT2D eigenvalue weighted by Crippen LogP contribution is 2.16. The van der Waals surface area contributed by atoms with Crippen LogP contribution in [-0.2, 0) is 4.79 Å². The standard InChI is InChI=1S/C11H21N3OS/c1-9(15)13-8-10-2-5-14(6-3-10)7-4-11(12)16/h10H,2-8H2,1H3,(H2,12,16)(H,13,15). The number of hydrogen-bond acceptors (Lipinski definition) is 3. The molecule has 0 saturated carbocycles. The topological polar surface area (TPSA) is 58.4 Å². The maximum atomic E-state index is 10.8. The van der Waals surface area contributed by atoms with Crippen molar-refractivity contribution in [2.24, 2.45) is 11.7 Å². The van der Waals surface area contributed by atoms with Crippen LogP contribution in [0.2, 0.25) is 0 Å². The van der Waals surface area contributed by atoms with Gasteiger partial charge in [-0.2, -0.15) is 0 Å². The highest BCUT2D eigenvalue weighted by atomic mass is 32.1. The van der Waals surface area contributed by atoms with E-state index >= 15 is 0 Å². The lowest BCUT2D eigenvalue weighted by molar-refractivity contribution is -0.119. The summed E-state index contributed by atoms with van der Waals surface area (Å²) >= 11 is 4.86. The molecule has 1 aliphatic rings. The van der Waals surface area contributed by atoms with Gasteiger partial charge in [-0.25, -0.2) is 0 Å². The molecule has 0 spiro atoms. The molecule has 1 rings (SSSR count). The quantitative estimate of drug-likeness (QED) is 0.691. The number of nitrogens with zero attached hydrogens (tertiary/aromatic N) is 1. The molecule has 1 amide bonds. The normalized spacial score (nSPS) is 18.3. The third-order valence-electron chi connectivity index (χ3n) is 3.02. The minimum absolute atomic E-state index is 0.0657. The van der Waals surface area contributed by atoms with Crippen LogP contribution in [0.15, 0.2) is 0 Å². The van der Waals surface area contributed by atoms with Gasteiger partial charge < -0.3 is 16.0 Å². The summed E-state index contributed by atoms with van der Waals surface area (Å²) in [5.74, 6) is 0.695. The number of carbonyl (C=O) groups excluding carboxylic acids is 1. The molecule has 1 aliphatic heterocycles. The summed E-state index contributed by atoms with van der Waals surface area (Å²) in [7, 11) is 0. The Morgan fingerprint density at radius 3 is 2.62 bits per heavy atom. The Morgan fingerprint density at radius 1 is 1.50 bits per heavy atom. The molecule has 1 fully saturated rings. The summed E-state index contributed by atoms with van der Waals surface area (Å²) in [5, 5.41) is 2.88. The molecule has 5 heteroatoms. The van der Waals surface area contributed by atoms with E-state index in [0.29, 0.717) is 10.9 Å². The summed E-state index contributed by atoms with van der Waals surface area (Å²) in [5.41, 5.74) is 5.48. The molecule has 0 radical (unpaired) electrons. The van der Waals surface area contributed by atoms with E-state index in [4.69, 9.17) is 18.0 Å². The molecular weight excluding hydrogens is 222 g/mol. The second-order valence-corrected chi connectivity index (χ2v) is 4.96. The first-order chi connectivity index (χ1) is 7.58. The van der Waals surface area contributed by atoms with E-state index in [-0.39, 0.29) is 5.91 Å². The minimum Gasteiger partial charge on any atom is -0.393 e. The van der Waals surface area contributed by atoms with Gasteiger partial charge in [0.1, 0.15) is 0 Å². The Morgan fingerprint density at radius 2 is 2.12 bits per heavy atom. The molecule has 4 nitrogen and oxygen atoms in total. The predicted molar refractivity (Wildman–Crippen MR) is 69.3 cm³/mol. The number of nitrogens with one attached hydrogen (secondary N) is 1. The van der Waals surface area contributed by atoms with Gasteiger partial charge in [0.15, 0.2) is 0 Å². The average Bonchev–Trinajstić information content (AvgIpc) is 2.25. The Kier molecular flexibility index (Phi) is 5.69. The van der Waals surface area contributed by atoms with Crippen LogP contribution in [0.5, 0.6) is 0 Å². The minimum atomic E-state index is 0.0657. The fourth-order valence-corrected chi connectivity index (χ4v) is 2.06. The van der Waals surface area contributed by atoms with E-state index in [1.165, 1.54) is 0 Å². The van der Waals surface area contributed by atoms with Crippen molar-refractivity contribution in [3.8, 4) is 0 Å². The number of carbonyl (C=O) groups is 1. The molecule has 0 aromatic carbocycles. The monoisotopic (exact) mass is 243 g/mol. The first-order valence-corrected chi connectivity index (χ1v) is 6.24. The Bertz CT molecular complexity index is 224. The van der Waals surface area contributed by atoms with Gasteiger partial charge in [-0.15, -0.1) is 0 Å².